The second kappa shape index (κ2) is 14.3. The van der Waals surface area contributed by atoms with Crippen LogP contribution in [0.3, 0.4) is 0 Å². The van der Waals surface area contributed by atoms with Crippen molar-refractivity contribution in [2.45, 2.75) is 52.9 Å². The third kappa shape index (κ3) is 5.52. The monoisotopic (exact) mass is 762 g/mol. The zero-order chi connectivity index (χ0) is 37.8. The van der Waals surface area contributed by atoms with Crippen molar-refractivity contribution in [3.8, 4) is 45.9 Å². The number of fused-ring (bicyclic) bond motifs is 9. The van der Waals surface area contributed by atoms with E-state index in [1.807, 2.05) is 34.8 Å². The molecule has 0 bridgehead atoms. The van der Waals surface area contributed by atoms with Gasteiger partial charge >= 0.3 is 0 Å². The van der Waals surface area contributed by atoms with Crippen LogP contribution in [0.5, 0.6) is 34.5 Å². The molecule has 0 radical (unpaired) electrons. The highest BCUT2D eigenvalue weighted by Gasteiger charge is 2.26. The molecular formula is C44H46N2O6S2. The molecule has 0 saturated carbocycles. The summed E-state index contributed by atoms with van der Waals surface area (Å²) < 4.78 is 42.4. The molecule has 0 aliphatic rings. The summed E-state index contributed by atoms with van der Waals surface area (Å²) in [6.45, 7) is 6.64. The Balaban J connectivity index is 1.56. The second-order valence-corrected chi connectivity index (χ2v) is 16.2. The van der Waals surface area contributed by atoms with Crippen LogP contribution in [0, 0.1) is 13.8 Å². The highest BCUT2D eigenvalue weighted by Crippen LogP contribution is 2.49. The predicted octanol–water partition coefficient (Wildman–Crippen LogP) is 11.9. The van der Waals surface area contributed by atoms with Crippen LogP contribution in [0.1, 0.15) is 47.9 Å². The predicted molar refractivity (Wildman–Crippen MR) is 225 cm³/mol. The van der Waals surface area contributed by atoms with Crippen LogP contribution in [-0.2, 0) is 6.42 Å². The van der Waals surface area contributed by atoms with Crippen molar-refractivity contribution < 1.29 is 28.4 Å². The molecular weight excluding hydrogens is 717 g/mol. The van der Waals surface area contributed by atoms with E-state index in [-0.39, 0.29) is 0 Å². The van der Waals surface area contributed by atoms with Crippen LogP contribution in [0.15, 0.2) is 54.6 Å². The fourth-order valence-corrected chi connectivity index (χ4v) is 10.3. The molecule has 0 aliphatic carbocycles. The number of ether oxygens (including phenoxy) is 6. The fourth-order valence-electron chi connectivity index (χ4n) is 8.22. The lowest BCUT2D eigenvalue weighted by Gasteiger charge is -2.18. The Labute approximate surface area is 323 Å². The third-order valence-electron chi connectivity index (χ3n) is 10.5. The van der Waals surface area contributed by atoms with Crippen molar-refractivity contribution in [3.05, 3.63) is 69.9 Å². The third-order valence-corrected chi connectivity index (χ3v) is 12.7. The summed E-state index contributed by atoms with van der Waals surface area (Å²) in [5.41, 5.74) is 7.89. The maximum Gasteiger partial charge on any atom is 0.203 e. The van der Waals surface area contributed by atoms with Gasteiger partial charge in [-0.25, -0.2) is 0 Å². The summed E-state index contributed by atoms with van der Waals surface area (Å²) in [7, 11) is 9.96. The van der Waals surface area contributed by atoms with Gasteiger partial charge in [0.2, 0.25) is 11.5 Å². The SMILES string of the molecule is CCCCCCc1cc2c(ccc3c4sc(C)cc4n(-c4cc(OC)c(OC)c(OC)c4)c23)c2c1c1sc(C)cc1n2-c1cc(OC)c(OC)c(OC)c1. The van der Waals surface area contributed by atoms with E-state index in [1.165, 1.54) is 76.6 Å². The Morgan fingerprint density at radius 3 is 1.54 bits per heavy atom. The van der Waals surface area contributed by atoms with Gasteiger partial charge in [-0.15, -0.1) is 22.7 Å². The lowest BCUT2D eigenvalue weighted by Crippen LogP contribution is -2.01. The van der Waals surface area contributed by atoms with E-state index in [0.717, 1.165) is 35.2 Å². The summed E-state index contributed by atoms with van der Waals surface area (Å²) in [6.07, 6.45) is 5.70. The topological polar surface area (TPSA) is 65.2 Å². The Hall–Kier alpha value is -5.06. The fraction of sp³-hybridized carbons (Fsp3) is 0.318. The van der Waals surface area contributed by atoms with Crippen LogP contribution in [0.4, 0.5) is 0 Å². The zero-order valence-electron chi connectivity index (χ0n) is 32.4. The molecule has 54 heavy (non-hydrogen) atoms. The average Bonchev–Trinajstić information content (AvgIpc) is 3.92. The number of aryl methyl sites for hydroxylation is 3. The number of nitrogens with zero attached hydrogens (tertiary/aromatic N) is 2. The van der Waals surface area contributed by atoms with Gasteiger partial charge in [0.1, 0.15) is 0 Å². The maximum absolute atomic E-state index is 5.90. The molecule has 4 aromatic heterocycles. The number of rotatable bonds is 13. The van der Waals surface area contributed by atoms with Crippen LogP contribution in [0.25, 0.3) is 64.4 Å². The standard InChI is InChI=1S/C44H46N2O6S2/c1-10-11-12-13-14-26-19-31-29(40-38(26)44-33(18-25(3)54-44)46(40)28-22-36(49-6)42(52-9)37(23-28)50-7)15-16-30-39(31)45(32-17-24(2)53-43(30)32)27-20-34(47-4)41(51-8)35(21-27)48-5/h15-23H,10-14H2,1-9H3. The molecule has 0 N–H and O–H groups in total. The molecule has 0 atom stereocenters. The van der Waals surface area contributed by atoms with Crippen LogP contribution in [-0.4, -0.2) is 51.8 Å². The first kappa shape index (κ1) is 35.9. The number of thiophene rings is 2. The minimum absolute atomic E-state index is 0.567. The smallest absolute Gasteiger partial charge is 0.203 e. The molecule has 0 saturated heterocycles. The minimum Gasteiger partial charge on any atom is -0.493 e. The largest absolute Gasteiger partial charge is 0.493 e. The van der Waals surface area contributed by atoms with Crippen LogP contribution in [0.2, 0.25) is 0 Å². The Morgan fingerprint density at radius 1 is 0.519 bits per heavy atom. The van der Waals surface area contributed by atoms with Crippen molar-refractivity contribution >= 4 is 75.7 Å². The molecule has 8 nitrogen and oxygen atoms in total. The minimum atomic E-state index is 0.567. The molecule has 4 aromatic carbocycles. The van der Waals surface area contributed by atoms with Gasteiger partial charge in [0.15, 0.2) is 23.0 Å². The Morgan fingerprint density at radius 2 is 1.02 bits per heavy atom. The first-order valence-electron chi connectivity index (χ1n) is 18.3. The molecule has 0 unspecified atom stereocenters. The lowest BCUT2D eigenvalue weighted by atomic mass is 9.96. The van der Waals surface area contributed by atoms with Gasteiger partial charge in [0.05, 0.1) is 85.5 Å². The van der Waals surface area contributed by atoms with Crippen molar-refractivity contribution in [2.24, 2.45) is 0 Å². The van der Waals surface area contributed by atoms with Crippen molar-refractivity contribution in [3.63, 3.8) is 0 Å². The molecule has 0 spiro atoms. The van der Waals surface area contributed by atoms with Crippen molar-refractivity contribution in [1.29, 1.82) is 0 Å². The number of unbranched alkanes of at least 4 members (excludes halogenated alkanes) is 3. The van der Waals surface area contributed by atoms with Crippen molar-refractivity contribution in [1.82, 2.24) is 9.13 Å². The van der Waals surface area contributed by atoms with E-state index >= 15 is 0 Å². The molecule has 0 aliphatic heterocycles. The summed E-state index contributed by atoms with van der Waals surface area (Å²) in [4.78, 5) is 2.52. The maximum atomic E-state index is 5.90. The molecule has 0 amide bonds. The second-order valence-electron chi connectivity index (χ2n) is 13.7. The van der Waals surface area contributed by atoms with Gasteiger partial charge in [0, 0.05) is 55.6 Å². The summed E-state index contributed by atoms with van der Waals surface area (Å²) in [5.74, 6) is 3.59. The van der Waals surface area contributed by atoms with Gasteiger partial charge in [-0.1, -0.05) is 38.3 Å². The van der Waals surface area contributed by atoms with Crippen LogP contribution < -0.4 is 28.4 Å². The van der Waals surface area contributed by atoms with E-state index in [0.29, 0.717) is 34.5 Å². The van der Waals surface area contributed by atoms with Crippen LogP contribution >= 0.6 is 22.7 Å². The molecule has 10 heteroatoms. The first-order chi connectivity index (χ1) is 26.3. The number of hydrogen-bond donors (Lipinski definition) is 0. The summed E-state index contributed by atoms with van der Waals surface area (Å²) >= 11 is 3.69. The van der Waals surface area contributed by atoms with E-state index in [4.69, 9.17) is 28.4 Å². The number of benzene rings is 4. The van der Waals surface area contributed by atoms with Gasteiger partial charge in [0.25, 0.3) is 0 Å². The molecule has 4 heterocycles. The quantitative estimate of drug-likeness (QED) is 0.109. The van der Waals surface area contributed by atoms with Gasteiger partial charge in [-0.2, -0.15) is 0 Å². The van der Waals surface area contributed by atoms with Crippen molar-refractivity contribution in [2.75, 3.05) is 42.7 Å². The van der Waals surface area contributed by atoms with E-state index < -0.39 is 0 Å². The Bertz CT molecular complexity index is 2660. The zero-order valence-corrected chi connectivity index (χ0v) is 34.0. The Kier molecular flexibility index (Phi) is 9.52. The average molecular weight is 763 g/mol. The first-order valence-corrected chi connectivity index (χ1v) is 20.0. The lowest BCUT2D eigenvalue weighted by molar-refractivity contribution is 0.324. The summed E-state index contributed by atoms with van der Waals surface area (Å²) in [6, 6.07) is 19.9. The van der Waals surface area contributed by atoms with E-state index in [1.54, 1.807) is 42.7 Å². The molecule has 280 valence electrons. The van der Waals surface area contributed by atoms with Gasteiger partial charge < -0.3 is 37.6 Å². The molecule has 0 fully saturated rings. The molecule has 8 aromatic rings. The van der Waals surface area contributed by atoms with E-state index in [2.05, 4.69) is 72.4 Å². The van der Waals surface area contributed by atoms with E-state index in [9.17, 15) is 0 Å². The number of methoxy groups -OCH3 is 6. The van der Waals surface area contributed by atoms with Gasteiger partial charge in [-0.3, -0.25) is 0 Å². The number of hydrogen-bond acceptors (Lipinski definition) is 8. The normalized spacial score (nSPS) is 11.8. The summed E-state index contributed by atoms with van der Waals surface area (Å²) in [5, 5.41) is 4.88. The number of aromatic nitrogens is 2. The van der Waals surface area contributed by atoms with Gasteiger partial charge in [-0.05, 0) is 50.5 Å². The highest BCUT2D eigenvalue weighted by atomic mass is 32.1. The molecule has 8 rings (SSSR count). The highest BCUT2D eigenvalue weighted by molar-refractivity contribution is 7.20.